The first-order valence-electron chi connectivity index (χ1n) is 10.3. The van der Waals surface area contributed by atoms with Gasteiger partial charge in [0.15, 0.2) is 0 Å². The average Bonchev–Trinajstić information content (AvgIpc) is 3.17. The van der Waals surface area contributed by atoms with Crippen molar-refractivity contribution in [3.8, 4) is 10.6 Å². The highest BCUT2D eigenvalue weighted by molar-refractivity contribution is 7.17. The highest BCUT2D eigenvalue weighted by Crippen LogP contribution is 2.29. The number of benzene rings is 1. The number of nitrogens with zero attached hydrogens (tertiary/aromatic N) is 4. The Morgan fingerprint density at radius 2 is 1.83 bits per heavy atom. The number of nitrogens with one attached hydrogen (secondary N) is 1. The smallest absolute Gasteiger partial charge is 0.267 e. The van der Waals surface area contributed by atoms with Crippen LogP contribution in [0.25, 0.3) is 10.6 Å². The van der Waals surface area contributed by atoms with E-state index in [1.165, 1.54) is 16.9 Å². The lowest BCUT2D eigenvalue weighted by Gasteiger charge is -2.33. The maximum Gasteiger partial charge on any atom is 0.267 e. The second-order valence-corrected chi connectivity index (χ2v) is 8.63. The van der Waals surface area contributed by atoms with E-state index in [1.807, 2.05) is 19.1 Å². The minimum Gasteiger partial charge on any atom is -0.354 e. The van der Waals surface area contributed by atoms with E-state index >= 15 is 0 Å². The van der Waals surface area contributed by atoms with E-state index in [4.69, 9.17) is 0 Å². The second kappa shape index (κ2) is 8.93. The summed E-state index contributed by atoms with van der Waals surface area (Å²) in [6, 6.07) is 12.2. The third kappa shape index (κ3) is 4.52. The monoisotopic (exact) mass is 421 g/mol. The van der Waals surface area contributed by atoms with Crippen molar-refractivity contribution in [2.75, 3.05) is 43.4 Å². The maximum atomic E-state index is 12.8. The molecule has 30 heavy (non-hydrogen) atoms. The fraction of sp³-hybridized carbons (Fsp3) is 0.348. The van der Waals surface area contributed by atoms with E-state index in [-0.39, 0.29) is 5.91 Å². The number of aryl methyl sites for hydroxylation is 2. The molecule has 1 N–H and O–H groups in total. The average molecular weight is 422 g/mol. The molecule has 7 heteroatoms. The molecule has 1 aliphatic heterocycles. The molecule has 2 aromatic heterocycles. The number of pyridine rings is 1. The summed E-state index contributed by atoms with van der Waals surface area (Å²) in [7, 11) is 2.14. The van der Waals surface area contributed by atoms with Crippen LogP contribution in [0.5, 0.6) is 0 Å². The number of hydrogen-bond acceptors (Lipinski definition) is 6. The molecule has 0 radical (unpaired) electrons. The largest absolute Gasteiger partial charge is 0.354 e. The van der Waals surface area contributed by atoms with Crippen molar-refractivity contribution in [3.63, 3.8) is 0 Å². The number of piperazine rings is 1. The van der Waals surface area contributed by atoms with Gasteiger partial charge in [0.1, 0.15) is 15.7 Å². The minimum absolute atomic E-state index is 0.143. The van der Waals surface area contributed by atoms with E-state index in [9.17, 15) is 4.79 Å². The summed E-state index contributed by atoms with van der Waals surface area (Å²) in [5.41, 5.74) is 3.77. The Kier molecular flexibility index (Phi) is 6.11. The molecule has 3 aromatic rings. The Morgan fingerprint density at radius 3 is 2.47 bits per heavy atom. The number of rotatable bonds is 5. The number of hydrogen-bond donors (Lipinski definition) is 1. The number of aromatic nitrogens is 2. The molecule has 1 saturated heterocycles. The van der Waals surface area contributed by atoms with Crippen molar-refractivity contribution in [3.05, 3.63) is 58.7 Å². The lowest BCUT2D eigenvalue weighted by Crippen LogP contribution is -2.44. The highest BCUT2D eigenvalue weighted by atomic mass is 32.1. The van der Waals surface area contributed by atoms with Crippen molar-refractivity contribution in [1.82, 2.24) is 14.9 Å². The van der Waals surface area contributed by atoms with Gasteiger partial charge in [0.05, 0.1) is 17.6 Å². The number of carbonyl (C=O) groups excluding carboxylic acids is 1. The number of amides is 1. The summed E-state index contributed by atoms with van der Waals surface area (Å²) in [4.78, 5) is 27.2. The molecule has 1 aliphatic rings. The van der Waals surface area contributed by atoms with Crippen LogP contribution in [-0.4, -0.2) is 54.0 Å². The van der Waals surface area contributed by atoms with Crippen molar-refractivity contribution < 1.29 is 4.79 Å². The van der Waals surface area contributed by atoms with Crippen molar-refractivity contribution in [2.24, 2.45) is 0 Å². The van der Waals surface area contributed by atoms with Gasteiger partial charge in [0.25, 0.3) is 5.91 Å². The quantitative estimate of drug-likeness (QED) is 0.673. The molecule has 3 heterocycles. The molecule has 1 amide bonds. The van der Waals surface area contributed by atoms with Gasteiger partial charge in [-0.15, -0.1) is 11.3 Å². The fourth-order valence-corrected chi connectivity index (χ4v) is 4.45. The van der Waals surface area contributed by atoms with Crippen LogP contribution >= 0.6 is 11.3 Å². The van der Waals surface area contributed by atoms with Crippen molar-refractivity contribution in [1.29, 1.82) is 0 Å². The lowest BCUT2D eigenvalue weighted by atomic mass is 10.1. The van der Waals surface area contributed by atoms with Crippen LogP contribution in [0.3, 0.4) is 0 Å². The molecule has 1 fully saturated rings. The topological polar surface area (TPSA) is 61.4 Å². The van der Waals surface area contributed by atoms with Crippen LogP contribution in [-0.2, 0) is 6.42 Å². The van der Waals surface area contributed by atoms with Gasteiger partial charge in [-0.1, -0.05) is 31.2 Å². The Balaban J connectivity index is 1.44. The van der Waals surface area contributed by atoms with Crippen LogP contribution < -0.4 is 10.2 Å². The standard InChI is InChI=1S/C23H27N5OS/c1-4-17-5-7-18(8-6-17)23-25-16(2)21(30-23)22(29)26-19-9-10-20(24-15-19)28-13-11-27(3)12-14-28/h5-10,15H,4,11-14H2,1-3H3,(H,26,29). The molecule has 6 nitrogen and oxygen atoms in total. The van der Waals surface area contributed by atoms with Gasteiger partial charge in [-0.2, -0.15) is 0 Å². The third-order valence-electron chi connectivity index (χ3n) is 5.44. The van der Waals surface area contributed by atoms with Crippen molar-refractivity contribution in [2.45, 2.75) is 20.3 Å². The van der Waals surface area contributed by atoms with Gasteiger partial charge in [-0.3, -0.25) is 4.79 Å². The Bertz CT molecular complexity index is 1010. The van der Waals surface area contributed by atoms with Crippen LogP contribution in [0.15, 0.2) is 42.6 Å². The summed E-state index contributed by atoms with van der Waals surface area (Å²) < 4.78 is 0. The van der Waals surface area contributed by atoms with Crippen LogP contribution in [0.4, 0.5) is 11.5 Å². The zero-order valence-electron chi connectivity index (χ0n) is 17.7. The Labute approximate surface area is 181 Å². The molecule has 0 aliphatic carbocycles. The zero-order valence-corrected chi connectivity index (χ0v) is 18.5. The maximum absolute atomic E-state index is 12.8. The van der Waals surface area contributed by atoms with Gasteiger partial charge in [0.2, 0.25) is 0 Å². The lowest BCUT2D eigenvalue weighted by molar-refractivity contribution is 0.103. The highest BCUT2D eigenvalue weighted by Gasteiger charge is 2.18. The summed E-state index contributed by atoms with van der Waals surface area (Å²) in [6.45, 7) is 8.03. The zero-order chi connectivity index (χ0) is 21.1. The summed E-state index contributed by atoms with van der Waals surface area (Å²) in [5, 5.41) is 3.83. The van der Waals surface area contributed by atoms with Gasteiger partial charge in [-0.05, 0) is 38.1 Å². The van der Waals surface area contributed by atoms with E-state index in [1.54, 1.807) is 6.20 Å². The second-order valence-electron chi connectivity index (χ2n) is 7.63. The molecule has 156 valence electrons. The first kappa shape index (κ1) is 20.5. The SMILES string of the molecule is CCc1ccc(-c2nc(C)c(C(=O)Nc3ccc(N4CCN(C)CC4)nc3)s2)cc1. The van der Waals surface area contributed by atoms with E-state index in [2.05, 4.69) is 63.3 Å². The first-order chi connectivity index (χ1) is 14.5. The normalized spacial score (nSPS) is 14.7. The molecule has 1 aromatic carbocycles. The molecule has 0 spiro atoms. The van der Waals surface area contributed by atoms with Crippen LogP contribution in [0.2, 0.25) is 0 Å². The predicted octanol–water partition coefficient (Wildman–Crippen LogP) is 4.08. The van der Waals surface area contributed by atoms with Gasteiger partial charge in [0, 0.05) is 31.7 Å². The first-order valence-corrected chi connectivity index (χ1v) is 11.1. The number of thiazole rings is 1. The Morgan fingerprint density at radius 1 is 1.10 bits per heavy atom. The molecule has 0 bridgehead atoms. The molecular formula is C23H27N5OS. The minimum atomic E-state index is -0.143. The molecule has 4 rings (SSSR count). The van der Waals surface area contributed by atoms with Crippen molar-refractivity contribution >= 4 is 28.7 Å². The predicted molar refractivity (Wildman–Crippen MR) is 124 cm³/mol. The summed E-state index contributed by atoms with van der Waals surface area (Å²) in [5.74, 6) is 0.809. The Hall–Kier alpha value is -2.77. The molecular weight excluding hydrogens is 394 g/mol. The van der Waals surface area contributed by atoms with Crippen LogP contribution in [0, 0.1) is 6.92 Å². The van der Waals surface area contributed by atoms with Gasteiger partial charge < -0.3 is 15.1 Å². The third-order valence-corrected chi connectivity index (χ3v) is 6.65. The number of anilines is 2. The van der Waals surface area contributed by atoms with E-state index in [0.29, 0.717) is 10.6 Å². The van der Waals surface area contributed by atoms with E-state index < -0.39 is 0 Å². The van der Waals surface area contributed by atoms with Gasteiger partial charge >= 0.3 is 0 Å². The molecule has 0 saturated carbocycles. The van der Waals surface area contributed by atoms with Crippen LogP contribution in [0.1, 0.15) is 27.9 Å². The molecule has 0 atom stereocenters. The fourth-order valence-electron chi connectivity index (χ4n) is 3.48. The van der Waals surface area contributed by atoms with E-state index in [0.717, 1.165) is 54.7 Å². The number of carbonyl (C=O) groups is 1. The summed E-state index contributed by atoms with van der Waals surface area (Å²) >= 11 is 1.42. The number of likely N-dealkylation sites (N-methyl/N-ethyl adjacent to an activating group) is 1. The molecule has 0 unspecified atom stereocenters. The van der Waals surface area contributed by atoms with Gasteiger partial charge in [-0.25, -0.2) is 9.97 Å². The summed E-state index contributed by atoms with van der Waals surface area (Å²) in [6.07, 6.45) is 2.73.